The molecule has 1 rings (SSSR count). The van der Waals surface area contributed by atoms with Gasteiger partial charge in [-0.05, 0) is 24.6 Å². The molecule has 0 fully saturated rings. The van der Waals surface area contributed by atoms with Gasteiger partial charge in [0.2, 0.25) is 0 Å². The summed E-state index contributed by atoms with van der Waals surface area (Å²) in [5, 5.41) is 8.46. The number of thioether (sulfide) groups is 1. The van der Waals surface area contributed by atoms with Gasteiger partial charge in [0.05, 0.1) is 6.07 Å². The van der Waals surface area contributed by atoms with Crippen molar-refractivity contribution in [2.75, 3.05) is 11.5 Å². The van der Waals surface area contributed by atoms with Crippen LogP contribution >= 0.6 is 11.8 Å². The van der Waals surface area contributed by atoms with E-state index in [0.717, 1.165) is 17.3 Å². The van der Waals surface area contributed by atoms with Crippen molar-refractivity contribution in [1.82, 2.24) is 0 Å². The highest BCUT2D eigenvalue weighted by Gasteiger charge is 2.39. The Kier molecular flexibility index (Phi) is 4.29. The molecular weight excluding hydrogens is 249 g/mol. The maximum absolute atomic E-state index is 12.3. The first-order valence-corrected chi connectivity index (χ1v) is 5.78. The Hall–Kier alpha value is -1.35. The van der Waals surface area contributed by atoms with Crippen LogP contribution in [0.15, 0.2) is 23.1 Å². The SMILES string of the molecule is Cc1ccc(N)cc1SCC(C#N)C(F)(F)F. The number of aryl methyl sites for hydroxylation is 1. The van der Waals surface area contributed by atoms with Crippen LogP contribution in [0.2, 0.25) is 0 Å². The second-order valence-electron chi connectivity index (χ2n) is 3.56. The number of nitrogen functional groups attached to an aromatic ring is 1. The lowest BCUT2D eigenvalue weighted by Gasteiger charge is -2.13. The van der Waals surface area contributed by atoms with Gasteiger partial charge in [-0.3, -0.25) is 0 Å². The molecule has 1 aromatic rings. The Bertz CT molecular complexity index is 437. The lowest BCUT2D eigenvalue weighted by Crippen LogP contribution is -2.23. The largest absolute Gasteiger partial charge is 0.405 e. The standard InChI is InChI=1S/C11H11F3N2S/c1-7-2-3-9(16)4-10(7)17-6-8(5-15)11(12,13)14/h2-4,8H,6,16H2,1H3. The van der Waals surface area contributed by atoms with Crippen molar-refractivity contribution in [2.45, 2.75) is 18.0 Å². The fraction of sp³-hybridized carbons (Fsp3) is 0.364. The van der Waals surface area contributed by atoms with Gasteiger partial charge in [-0.25, -0.2) is 0 Å². The molecule has 0 heterocycles. The zero-order valence-corrected chi connectivity index (χ0v) is 9.90. The lowest BCUT2D eigenvalue weighted by molar-refractivity contribution is -0.152. The van der Waals surface area contributed by atoms with Crippen LogP contribution in [0.4, 0.5) is 18.9 Å². The smallest absolute Gasteiger partial charge is 0.399 e. The summed E-state index contributed by atoms with van der Waals surface area (Å²) in [6.07, 6.45) is -4.48. The van der Waals surface area contributed by atoms with Crippen molar-refractivity contribution in [3.8, 4) is 6.07 Å². The summed E-state index contributed by atoms with van der Waals surface area (Å²) in [6, 6.07) is 6.31. The zero-order chi connectivity index (χ0) is 13.1. The molecule has 1 aromatic carbocycles. The number of nitriles is 1. The molecule has 0 saturated carbocycles. The highest BCUT2D eigenvalue weighted by molar-refractivity contribution is 7.99. The fourth-order valence-corrected chi connectivity index (χ4v) is 2.28. The number of hydrogen-bond donors (Lipinski definition) is 1. The van der Waals surface area contributed by atoms with Crippen LogP contribution in [0.25, 0.3) is 0 Å². The molecule has 0 amide bonds. The van der Waals surface area contributed by atoms with E-state index in [1.165, 1.54) is 6.07 Å². The Morgan fingerprint density at radius 1 is 1.47 bits per heavy atom. The van der Waals surface area contributed by atoms with E-state index in [9.17, 15) is 13.2 Å². The van der Waals surface area contributed by atoms with Crippen LogP contribution in [0.5, 0.6) is 0 Å². The molecule has 0 aliphatic heterocycles. The van der Waals surface area contributed by atoms with Crippen LogP contribution < -0.4 is 5.73 Å². The first-order chi connectivity index (χ1) is 7.84. The van der Waals surface area contributed by atoms with E-state index in [2.05, 4.69) is 0 Å². The number of rotatable bonds is 3. The second kappa shape index (κ2) is 5.32. The normalized spacial score (nSPS) is 13.1. The van der Waals surface area contributed by atoms with E-state index in [1.807, 2.05) is 0 Å². The van der Waals surface area contributed by atoms with E-state index in [-0.39, 0.29) is 5.75 Å². The van der Waals surface area contributed by atoms with Gasteiger partial charge in [0.25, 0.3) is 0 Å². The van der Waals surface area contributed by atoms with Gasteiger partial charge in [0.1, 0.15) is 0 Å². The Morgan fingerprint density at radius 2 is 2.12 bits per heavy atom. The van der Waals surface area contributed by atoms with Crippen LogP contribution in [-0.2, 0) is 0 Å². The number of nitrogens with two attached hydrogens (primary N) is 1. The van der Waals surface area contributed by atoms with Crippen molar-refractivity contribution in [2.24, 2.45) is 5.92 Å². The van der Waals surface area contributed by atoms with Crippen LogP contribution in [-0.4, -0.2) is 11.9 Å². The molecule has 92 valence electrons. The number of anilines is 1. The third-order valence-electron chi connectivity index (χ3n) is 2.17. The van der Waals surface area contributed by atoms with Gasteiger partial charge in [-0.2, -0.15) is 18.4 Å². The summed E-state index contributed by atoms with van der Waals surface area (Å²) in [7, 11) is 0. The Morgan fingerprint density at radius 3 is 2.65 bits per heavy atom. The molecule has 2 N–H and O–H groups in total. The van der Waals surface area contributed by atoms with E-state index in [0.29, 0.717) is 10.6 Å². The van der Waals surface area contributed by atoms with Crippen molar-refractivity contribution in [1.29, 1.82) is 5.26 Å². The van der Waals surface area contributed by atoms with Crippen LogP contribution in [0.1, 0.15) is 5.56 Å². The molecule has 0 radical (unpaired) electrons. The lowest BCUT2D eigenvalue weighted by atomic mass is 10.2. The third kappa shape index (κ3) is 3.86. The molecule has 0 spiro atoms. The molecule has 17 heavy (non-hydrogen) atoms. The molecule has 0 aromatic heterocycles. The number of nitrogens with zero attached hydrogens (tertiary/aromatic N) is 1. The van der Waals surface area contributed by atoms with Crippen LogP contribution in [0.3, 0.4) is 0 Å². The third-order valence-corrected chi connectivity index (χ3v) is 3.42. The molecular formula is C11H11F3N2S. The summed E-state index contributed by atoms with van der Waals surface area (Å²) in [5.74, 6) is -2.27. The molecule has 0 saturated heterocycles. The molecule has 1 atom stereocenters. The van der Waals surface area contributed by atoms with E-state index >= 15 is 0 Å². The quantitative estimate of drug-likeness (QED) is 0.669. The molecule has 0 aliphatic rings. The monoisotopic (exact) mass is 260 g/mol. The van der Waals surface area contributed by atoms with Gasteiger partial charge in [-0.15, -0.1) is 11.8 Å². The minimum atomic E-state index is -4.48. The Balaban J connectivity index is 2.73. The highest BCUT2D eigenvalue weighted by Crippen LogP contribution is 2.33. The minimum absolute atomic E-state index is 0.315. The molecule has 6 heteroatoms. The minimum Gasteiger partial charge on any atom is -0.399 e. The van der Waals surface area contributed by atoms with Crippen molar-refractivity contribution in [3.05, 3.63) is 23.8 Å². The van der Waals surface area contributed by atoms with Gasteiger partial charge < -0.3 is 5.73 Å². The maximum Gasteiger partial charge on any atom is 0.405 e. The van der Waals surface area contributed by atoms with Crippen molar-refractivity contribution >= 4 is 17.4 Å². The summed E-state index contributed by atoms with van der Waals surface area (Å²) < 4.78 is 37.0. The average molecular weight is 260 g/mol. The number of alkyl halides is 3. The van der Waals surface area contributed by atoms with Gasteiger partial charge >= 0.3 is 6.18 Å². The molecule has 0 bridgehead atoms. The molecule has 1 unspecified atom stereocenters. The Labute approximate surface area is 102 Å². The molecule has 2 nitrogen and oxygen atoms in total. The van der Waals surface area contributed by atoms with Crippen molar-refractivity contribution < 1.29 is 13.2 Å². The summed E-state index contributed by atoms with van der Waals surface area (Å²) in [6.45, 7) is 1.79. The number of halogens is 3. The summed E-state index contributed by atoms with van der Waals surface area (Å²) in [5.41, 5.74) is 6.90. The fourth-order valence-electron chi connectivity index (χ4n) is 1.15. The van der Waals surface area contributed by atoms with Gasteiger partial charge in [0, 0.05) is 16.3 Å². The average Bonchev–Trinajstić information content (AvgIpc) is 2.22. The van der Waals surface area contributed by atoms with E-state index in [1.54, 1.807) is 25.1 Å². The molecule has 0 aliphatic carbocycles. The predicted octanol–water partition coefficient (Wildman–Crippen LogP) is 3.37. The topological polar surface area (TPSA) is 49.8 Å². The van der Waals surface area contributed by atoms with Crippen LogP contribution in [0, 0.1) is 24.2 Å². The zero-order valence-electron chi connectivity index (χ0n) is 9.08. The highest BCUT2D eigenvalue weighted by atomic mass is 32.2. The maximum atomic E-state index is 12.3. The summed E-state index contributed by atoms with van der Waals surface area (Å²) >= 11 is 0.998. The summed E-state index contributed by atoms with van der Waals surface area (Å²) in [4.78, 5) is 0.675. The van der Waals surface area contributed by atoms with Gasteiger partial charge in [-0.1, -0.05) is 6.07 Å². The first-order valence-electron chi connectivity index (χ1n) is 4.80. The van der Waals surface area contributed by atoms with Gasteiger partial charge in [0.15, 0.2) is 5.92 Å². The first kappa shape index (κ1) is 13.7. The van der Waals surface area contributed by atoms with Crippen molar-refractivity contribution in [3.63, 3.8) is 0 Å². The van der Waals surface area contributed by atoms with E-state index in [4.69, 9.17) is 11.0 Å². The second-order valence-corrected chi connectivity index (χ2v) is 4.62. The number of hydrogen-bond acceptors (Lipinski definition) is 3. The predicted molar refractivity (Wildman–Crippen MR) is 61.5 cm³/mol. The number of benzene rings is 1. The van der Waals surface area contributed by atoms with E-state index < -0.39 is 12.1 Å².